The van der Waals surface area contributed by atoms with Crippen LogP contribution in [-0.2, 0) is 4.74 Å². The molecule has 1 saturated heterocycles. The van der Waals surface area contributed by atoms with Crippen LogP contribution in [0.3, 0.4) is 0 Å². The zero-order valence-corrected chi connectivity index (χ0v) is 23.2. The summed E-state index contributed by atoms with van der Waals surface area (Å²) in [6.07, 6.45) is 15.9. The summed E-state index contributed by atoms with van der Waals surface area (Å²) in [5.74, 6) is 0. The van der Waals surface area contributed by atoms with Crippen LogP contribution in [-0.4, -0.2) is 44.8 Å². The third kappa shape index (κ3) is 12.5. The highest BCUT2D eigenvalue weighted by atomic mass is 16.6. The van der Waals surface area contributed by atoms with Gasteiger partial charge in [-0.3, -0.25) is 0 Å². The molecule has 0 aliphatic carbocycles. The topological polar surface area (TPSA) is 73.2 Å². The number of epoxide rings is 1. The average Bonchev–Trinajstić information content (AvgIpc) is 3.38. The van der Waals surface area contributed by atoms with Gasteiger partial charge in [0.15, 0.2) is 0 Å². The number of aliphatic hydroxyl groups excluding tert-OH is 2. The van der Waals surface area contributed by atoms with E-state index in [-0.39, 0.29) is 11.7 Å². The van der Waals surface area contributed by atoms with E-state index in [1.54, 1.807) is 13.8 Å². The normalized spacial score (nSPS) is 23.6. The first kappa shape index (κ1) is 30.8. The number of hydrogen-bond acceptors (Lipinski definition) is 4. The minimum Gasteiger partial charge on any atom is -0.390 e. The Morgan fingerprint density at radius 2 is 1.38 bits per heavy atom. The van der Waals surface area contributed by atoms with E-state index in [0.29, 0.717) is 12.8 Å². The van der Waals surface area contributed by atoms with E-state index in [1.165, 1.54) is 22.3 Å². The Kier molecular flexibility index (Phi) is 13.0. The molecule has 4 unspecified atom stereocenters. The van der Waals surface area contributed by atoms with Crippen LogP contribution in [0.1, 0.15) is 113 Å². The standard InChI is InChI=1S/C30H52O4/c1-22(2)13-12-20-30(8)28(34-30)26(31)21-25(5)18-10-16-23(3)14-9-15-24(4)17-11-19-27(32)29(6,7)33/h13-14,17-18,26-28,31-33H,9-12,15-16,19-21H2,1-8H3. The molecule has 4 atom stereocenters. The fourth-order valence-electron chi connectivity index (χ4n) is 4.25. The van der Waals surface area contributed by atoms with Crippen molar-refractivity contribution in [2.24, 2.45) is 0 Å². The SMILES string of the molecule is CC(C)=CCCC1(C)OC1C(O)CC(C)=CCCC(C)=CCCC(C)=CCCC(O)C(C)(C)O. The molecule has 0 radical (unpaired) electrons. The number of allylic oxidation sites excluding steroid dienone is 7. The Balaban J connectivity index is 2.29. The van der Waals surface area contributed by atoms with Crippen LogP contribution >= 0.6 is 0 Å². The lowest BCUT2D eigenvalue weighted by molar-refractivity contribution is -0.0507. The van der Waals surface area contributed by atoms with Crippen molar-refractivity contribution in [2.75, 3.05) is 0 Å². The molecular weight excluding hydrogens is 424 g/mol. The maximum absolute atomic E-state index is 10.6. The van der Waals surface area contributed by atoms with Crippen molar-refractivity contribution in [1.29, 1.82) is 0 Å². The van der Waals surface area contributed by atoms with Gasteiger partial charge in [0.05, 0.1) is 23.4 Å². The van der Waals surface area contributed by atoms with Crippen molar-refractivity contribution in [3.05, 3.63) is 46.6 Å². The molecule has 0 saturated carbocycles. The van der Waals surface area contributed by atoms with E-state index in [0.717, 1.165) is 44.9 Å². The van der Waals surface area contributed by atoms with Crippen LogP contribution in [0, 0.1) is 0 Å². The lowest BCUT2D eigenvalue weighted by atomic mass is 9.94. The molecular formula is C30H52O4. The minimum absolute atomic E-state index is 0.0438. The smallest absolute Gasteiger partial charge is 0.113 e. The van der Waals surface area contributed by atoms with Crippen LogP contribution in [0.15, 0.2) is 46.6 Å². The molecule has 196 valence electrons. The summed E-state index contributed by atoms with van der Waals surface area (Å²) in [7, 11) is 0. The van der Waals surface area contributed by atoms with Crippen molar-refractivity contribution in [1.82, 2.24) is 0 Å². The van der Waals surface area contributed by atoms with E-state index in [4.69, 9.17) is 4.74 Å². The van der Waals surface area contributed by atoms with Crippen molar-refractivity contribution in [3.63, 3.8) is 0 Å². The van der Waals surface area contributed by atoms with Crippen LogP contribution < -0.4 is 0 Å². The van der Waals surface area contributed by atoms with Gasteiger partial charge in [-0.2, -0.15) is 0 Å². The predicted octanol–water partition coefficient (Wildman–Crippen LogP) is 6.95. The molecule has 0 spiro atoms. The van der Waals surface area contributed by atoms with E-state index in [2.05, 4.69) is 65.8 Å². The Morgan fingerprint density at radius 1 is 0.853 bits per heavy atom. The fourth-order valence-corrected chi connectivity index (χ4v) is 4.25. The Morgan fingerprint density at radius 3 is 1.91 bits per heavy atom. The highest BCUT2D eigenvalue weighted by Crippen LogP contribution is 2.43. The van der Waals surface area contributed by atoms with Gasteiger partial charge in [0.2, 0.25) is 0 Å². The molecule has 34 heavy (non-hydrogen) atoms. The summed E-state index contributed by atoms with van der Waals surface area (Å²) >= 11 is 0. The molecule has 1 aliphatic rings. The second-order valence-electron chi connectivity index (χ2n) is 11.4. The zero-order chi connectivity index (χ0) is 25.9. The number of rotatable bonds is 16. The van der Waals surface area contributed by atoms with Gasteiger partial charge in [-0.15, -0.1) is 0 Å². The molecule has 0 amide bonds. The summed E-state index contributed by atoms with van der Waals surface area (Å²) < 4.78 is 5.86. The first-order valence-electron chi connectivity index (χ1n) is 13.1. The first-order chi connectivity index (χ1) is 15.7. The van der Waals surface area contributed by atoms with Crippen molar-refractivity contribution >= 4 is 0 Å². The van der Waals surface area contributed by atoms with Crippen molar-refractivity contribution in [2.45, 2.75) is 143 Å². The summed E-state index contributed by atoms with van der Waals surface area (Å²) in [5, 5.41) is 30.3. The van der Waals surface area contributed by atoms with E-state index >= 15 is 0 Å². The Bertz CT molecular complexity index is 733. The minimum atomic E-state index is -1.04. The fraction of sp³-hybridized carbons (Fsp3) is 0.733. The molecule has 1 rings (SSSR count). The molecule has 1 heterocycles. The van der Waals surface area contributed by atoms with Gasteiger partial charge in [-0.25, -0.2) is 0 Å². The molecule has 0 aromatic rings. The van der Waals surface area contributed by atoms with E-state index in [9.17, 15) is 15.3 Å². The number of aliphatic hydroxyl groups is 3. The van der Waals surface area contributed by atoms with E-state index in [1.807, 2.05) is 0 Å². The van der Waals surface area contributed by atoms with Crippen molar-refractivity contribution in [3.8, 4) is 0 Å². The first-order valence-corrected chi connectivity index (χ1v) is 13.1. The summed E-state index contributed by atoms with van der Waals surface area (Å²) in [5.41, 5.74) is 4.07. The molecule has 1 aliphatic heterocycles. The van der Waals surface area contributed by atoms with Crippen LogP contribution in [0.2, 0.25) is 0 Å². The third-order valence-corrected chi connectivity index (χ3v) is 6.83. The van der Waals surface area contributed by atoms with Crippen LogP contribution in [0.5, 0.6) is 0 Å². The third-order valence-electron chi connectivity index (χ3n) is 6.83. The molecule has 0 bridgehead atoms. The largest absolute Gasteiger partial charge is 0.390 e. The quantitative estimate of drug-likeness (QED) is 0.166. The molecule has 4 heteroatoms. The highest BCUT2D eigenvalue weighted by molar-refractivity contribution is 5.11. The zero-order valence-electron chi connectivity index (χ0n) is 23.2. The van der Waals surface area contributed by atoms with Crippen LogP contribution in [0.4, 0.5) is 0 Å². The second kappa shape index (κ2) is 14.4. The average molecular weight is 477 g/mol. The van der Waals surface area contributed by atoms with Crippen LogP contribution in [0.25, 0.3) is 0 Å². The van der Waals surface area contributed by atoms with Gasteiger partial charge in [-0.05, 0) is 113 Å². The maximum Gasteiger partial charge on any atom is 0.113 e. The summed E-state index contributed by atoms with van der Waals surface area (Å²) in [6.45, 7) is 16.1. The van der Waals surface area contributed by atoms with Crippen molar-refractivity contribution < 1.29 is 20.1 Å². The molecule has 4 nitrogen and oxygen atoms in total. The Hall–Kier alpha value is -1.20. The Labute approximate surface area is 209 Å². The molecule has 1 fully saturated rings. The molecule has 3 N–H and O–H groups in total. The van der Waals surface area contributed by atoms with Gasteiger partial charge in [-0.1, -0.05) is 46.6 Å². The number of ether oxygens (including phenoxy) is 1. The van der Waals surface area contributed by atoms with Gasteiger partial charge in [0, 0.05) is 0 Å². The van der Waals surface area contributed by atoms with E-state index < -0.39 is 17.8 Å². The number of hydrogen-bond donors (Lipinski definition) is 3. The second-order valence-corrected chi connectivity index (χ2v) is 11.4. The van der Waals surface area contributed by atoms with Gasteiger partial charge < -0.3 is 20.1 Å². The maximum atomic E-state index is 10.6. The molecule has 0 aromatic heterocycles. The molecule has 0 aromatic carbocycles. The predicted molar refractivity (Wildman–Crippen MR) is 144 cm³/mol. The van der Waals surface area contributed by atoms with Gasteiger partial charge in [0.25, 0.3) is 0 Å². The monoisotopic (exact) mass is 476 g/mol. The summed E-state index contributed by atoms with van der Waals surface area (Å²) in [4.78, 5) is 0. The lowest BCUT2D eigenvalue weighted by Gasteiger charge is -2.23. The van der Waals surface area contributed by atoms with Gasteiger partial charge in [0.1, 0.15) is 6.10 Å². The van der Waals surface area contributed by atoms with Gasteiger partial charge >= 0.3 is 0 Å². The highest BCUT2D eigenvalue weighted by Gasteiger charge is 2.54. The lowest BCUT2D eigenvalue weighted by Crippen LogP contribution is -2.35. The summed E-state index contributed by atoms with van der Waals surface area (Å²) in [6, 6.07) is 0.